The Hall–Kier alpha value is -2.01. The third-order valence-electron chi connectivity index (χ3n) is 3.52. The van der Waals surface area contributed by atoms with Crippen molar-refractivity contribution in [3.8, 4) is 0 Å². The number of pyridine rings is 2. The second kappa shape index (κ2) is 6.18. The number of aromatic nitrogens is 2. The van der Waals surface area contributed by atoms with Gasteiger partial charge in [-0.1, -0.05) is 35.9 Å². The van der Waals surface area contributed by atoms with Gasteiger partial charge in [0.1, 0.15) is 0 Å². The van der Waals surface area contributed by atoms with Crippen molar-refractivity contribution < 1.29 is 0 Å². The van der Waals surface area contributed by atoms with Crippen LogP contribution in [-0.2, 0) is 6.42 Å². The highest BCUT2D eigenvalue weighted by Gasteiger charge is 2.15. The summed E-state index contributed by atoms with van der Waals surface area (Å²) in [7, 11) is 0. The number of nitrogens with two attached hydrogens (primary N) is 1. The van der Waals surface area contributed by atoms with E-state index in [1.54, 1.807) is 18.6 Å². The first-order chi connectivity index (χ1) is 10.3. The fourth-order valence-corrected chi connectivity index (χ4v) is 2.65. The number of nitrogens with zero attached hydrogens (tertiary/aromatic N) is 2. The minimum Gasteiger partial charge on any atom is -0.271 e. The standard InChI is InChI=1S/C16H15ClN4/c17-14-10-19-8-6-12(14)9-15(21-18)13-5-1-3-11-4-2-7-20-16(11)13/h1-8,10,15,21H,9,18H2. The minimum atomic E-state index is -0.0662. The topological polar surface area (TPSA) is 63.8 Å². The first-order valence-corrected chi connectivity index (χ1v) is 7.05. The van der Waals surface area contributed by atoms with Crippen molar-refractivity contribution in [3.63, 3.8) is 0 Å². The van der Waals surface area contributed by atoms with E-state index < -0.39 is 0 Å². The molecule has 0 radical (unpaired) electrons. The van der Waals surface area contributed by atoms with Gasteiger partial charge in [0.05, 0.1) is 16.6 Å². The lowest BCUT2D eigenvalue weighted by molar-refractivity contribution is 0.554. The molecule has 2 heterocycles. The molecule has 0 aliphatic heterocycles. The molecule has 106 valence electrons. The Kier molecular flexibility index (Phi) is 4.10. The van der Waals surface area contributed by atoms with Gasteiger partial charge in [0, 0.05) is 24.0 Å². The van der Waals surface area contributed by atoms with E-state index in [0.29, 0.717) is 11.4 Å². The maximum absolute atomic E-state index is 6.18. The first-order valence-electron chi connectivity index (χ1n) is 6.68. The van der Waals surface area contributed by atoms with Crippen LogP contribution >= 0.6 is 11.6 Å². The summed E-state index contributed by atoms with van der Waals surface area (Å²) in [5.41, 5.74) is 5.88. The minimum absolute atomic E-state index is 0.0662. The molecule has 1 aromatic carbocycles. The summed E-state index contributed by atoms with van der Waals surface area (Å²) in [6, 6.07) is 11.9. The Labute approximate surface area is 128 Å². The number of fused-ring (bicyclic) bond motifs is 1. The molecular weight excluding hydrogens is 284 g/mol. The van der Waals surface area contributed by atoms with E-state index in [2.05, 4.69) is 15.4 Å². The normalized spacial score (nSPS) is 12.5. The van der Waals surface area contributed by atoms with Crippen molar-refractivity contribution in [1.82, 2.24) is 15.4 Å². The summed E-state index contributed by atoms with van der Waals surface area (Å²) in [6.07, 6.45) is 5.84. The number of rotatable bonds is 4. The van der Waals surface area contributed by atoms with E-state index in [9.17, 15) is 0 Å². The maximum Gasteiger partial charge on any atom is 0.0750 e. The van der Waals surface area contributed by atoms with Crippen LogP contribution in [0.4, 0.5) is 0 Å². The van der Waals surface area contributed by atoms with Crippen molar-refractivity contribution in [2.45, 2.75) is 12.5 Å². The molecule has 0 bridgehead atoms. The van der Waals surface area contributed by atoms with Gasteiger partial charge in [-0.15, -0.1) is 0 Å². The summed E-state index contributed by atoms with van der Waals surface area (Å²) in [6.45, 7) is 0. The van der Waals surface area contributed by atoms with E-state index in [1.165, 1.54) is 0 Å². The molecule has 3 rings (SSSR count). The van der Waals surface area contributed by atoms with Crippen molar-refractivity contribution in [3.05, 3.63) is 71.1 Å². The lowest BCUT2D eigenvalue weighted by Gasteiger charge is -2.18. The second-order valence-electron chi connectivity index (χ2n) is 4.81. The molecule has 4 nitrogen and oxygen atoms in total. The molecular formula is C16H15ClN4. The summed E-state index contributed by atoms with van der Waals surface area (Å²) in [5, 5.41) is 1.74. The van der Waals surface area contributed by atoms with Crippen LogP contribution in [0.1, 0.15) is 17.2 Å². The van der Waals surface area contributed by atoms with Crippen LogP contribution < -0.4 is 11.3 Å². The zero-order valence-electron chi connectivity index (χ0n) is 11.3. The van der Waals surface area contributed by atoms with Gasteiger partial charge in [0.2, 0.25) is 0 Å². The van der Waals surface area contributed by atoms with Crippen molar-refractivity contribution in [1.29, 1.82) is 0 Å². The maximum atomic E-state index is 6.18. The Morgan fingerprint density at radius 2 is 2.00 bits per heavy atom. The van der Waals surface area contributed by atoms with Crippen LogP contribution in [0.15, 0.2) is 55.0 Å². The van der Waals surface area contributed by atoms with E-state index in [4.69, 9.17) is 17.4 Å². The quantitative estimate of drug-likeness (QED) is 0.574. The predicted molar refractivity (Wildman–Crippen MR) is 84.8 cm³/mol. The average molecular weight is 299 g/mol. The Morgan fingerprint density at radius 3 is 2.81 bits per heavy atom. The van der Waals surface area contributed by atoms with E-state index in [-0.39, 0.29) is 6.04 Å². The van der Waals surface area contributed by atoms with Gasteiger partial charge < -0.3 is 0 Å². The van der Waals surface area contributed by atoms with Crippen LogP contribution in [0.25, 0.3) is 10.9 Å². The largest absolute Gasteiger partial charge is 0.271 e. The molecule has 0 aliphatic carbocycles. The van der Waals surface area contributed by atoms with Crippen LogP contribution in [0.2, 0.25) is 5.02 Å². The number of halogens is 1. The highest BCUT2D eigenvalue weighted by molar-refractivity contribution is 6.31. The van der Waals surface area contributed by atoms with Crippen LogP contribution in [-0.4, -0.2) is 9.97 Å². The van der Waals surface area contributed by atoms with Crippen molar-refractivity contribution in [2.75, 3.05) is 0 Å². The highest BCUT2D eigenvalue weighted by Crippen LogP contribution is 2.26. The fourth-order valence-electron chi connectivity index (χ4n) is 2.46. The second-order valence-corrected chi connectivity index (χ2v) is 5.22. The van der Waals surface area contributed by atoms with Gasteiger partial charge >= 0.3 is 0 Å². The molecule has 3 N–H and O–H groups in total. The first kappa shape index (κ1) is 13.9. The summed E-state index contributed by atoms with van der Waals surface area (Å²) in [4.78, 5) is 8.48. The molecule has 21 heavy (non-hydrogen) atoms. The number of benzene rings is 1. The molecule has 1 atom stereocenters. The van der Waals surface area contributed by atoms with Gasteiger partial charge in [0.15, 0.2) is 0 Å². The molecule has 0 spiro atoms. The average Bonchev–Trinajstić information content (AvgIpc) is 2.54. The summed E-state index contributed by atoms with van der Waals surface area (Å²) in [5.74, 6) is 5.76. The fraction of sp³-hybridized carbons (Fsp3) is 0.125. The predicted octanol–water partition coefficient (Wildman–Crippen LogP) is 3.03. The SMILES string of the molecule is NNC(Cc1ccncc1Cl)c1cccc2cccnc12. The number of hydrogen-bond acceptors (Lipinski definition) is 4. The van der Waals surface area contributed by atoms with Gasteiger partial charge in [-0.2, -0.15) is 0 Å². The molecule has 0 saturated carbocycles. The van der Waals surface area contributed by atoms with Gasteiger partial charge in [0.25, 0.3) is 0 Å². The van der Waals surface area contributed by atoms with E-state index in [0.717, 1.165) is 22.0 Å². The van der Waals surface area contributed by atoms with Crippen LogP contribution in [0, 0.1) is 0 Å². The third-order valence-corrected chi connectivity index (χ3v) is 3.86. The Bertz CT molecular complexity index is 755. The van der Waals surface area contributed by atoms with Crippen molar-refractivity contribution >= 4 is 22.5 Å². The number of nitrogens with one attached hydrogen (secondary N) is 1. The van der Waals surface area contributed by atoms with E-state index >= 15 is 0 Å². The lowest BCUT2D eigenvalue weighted by atomic mass is 9.97. The molecule has 1 unspecified atom stereocenters. The van der Waals surface area contributed by atoms with Gasteiger partial charge in [-0.3, -0.25) is 21.2 Å². The number of para-hydroxylation sites is 1. The monoisotopic (exact) mass is 298 g/mol. The summed E-state index contributed by atoms with van der Waals surface area (Å²) >= 11 is 6.18. The molecule has 0 amide bonds. The van der Waals surface area contributed by atoms with Crippen molar-refractivity contribution in [2.24, 2.45) is 5.84 Å². The third kappa shape index (κ3) is 2.88. The Morgan fingerprint density at radius 1 is 1.14 bits per heavy atom. The zero-order valence-corrected chi connectivity index (χ0v) is 12.1. The Balaban J connectivity index is 2.01. The molecule has 5 heteroatoms. The number of hydrazine groups is 1. The molecule has 3 aromatic rings. The van der Waals surface area contributed by atoms with Gasteiger partial charge in [-0.05, 0) is 29.7 Å². The lowest BCUT2D eigenvalue weighted by Crippen LogP contribution is -2.30. The molecule has 0 aliphatic rings. The zero-order chi connectivity index (χ0) is 14.7. The molecule has 0 saturated heterocycles. The highest BCUT2D eigenvalue weighted by atomic mass is 35.5. The van der Waals surface area contributed by atoms with Gasteiger partial charge in [-0.25, -0.2) is 0 Å². The van der Waals surface area contributed by atoms with Crippen LogP contribution in [0.3, 0.4) is 0 Å². The number of hydrogen-bond donors (Lipinski definition) is 2. The molecule has 0 fully saturated rings. The summed E-state index contributed by atoms with van der Waals surface area (Å²) < 4.78 is 0. The smallest absolute Gasteiger partial charge is 0.0750 e. The van der Waals surface area contributed by atoms with E-state index in [1.807, 2.05) is 36.4 Å². The van der Waals surface area contributed by atoms with Crippen LogP contribution in [0.5, 0.6) is 0 Å². The molecule has 2 aromatic heterocycles.